The van der Waals surface area contributed by atoms with Crippen LogP contribution in [0.25, 0.3) is 0 Å². The maximum absolute atomic E-state index is 12.2. The van der Waals surface area contributed by atoms with Crippen molar-refractivity contribution in [3.05, 3.63) is 84.4 Å². The van der Waals surface area contributed by atoms with Crippen LogP contribution in [0, 0.1) is 0 Å². The second kappa shape index (κ2) is 9.68. The minimum absolute atomic E-state index is 0.0338. The highest BCUT2D eigenvalue weighted by Gasteiger charge is 2.17. The number of aromatic nitrogens is 2. The summed E-state index contributed by atoms with van der Waals surface area (Å²) in [5, 5.41) is 0. The number of hydrogen-bond donors (Lipinski definition) is 0. The first-order valence-electron chi connectivity index (χ1n) is 9.06. The molecule has 1 aromatic carbocycles. The highest BCUT2D eigenvalue weighted by atomic mass is 32.2. The van der Waals surface area contributed by atoms with Gasteiger partial charge in [0.05, 0.1) is 11.5 Å². The third kappa shape index (κ3) is 7.12. The van der Waals surface area contributed by atoms with Crippen molar-refractivity contribution in [3.63, 3.8) is 0 Å². The van der Waals surface area contributed by atoms with E-state index in [1.165, 1.54) is 24.3 Å². The van der Waals surface area contributed by atoms with Gasteiger partial charge in [-0.25, -0.2) is 0 Å². The summed E-state index contributed by atoms with van der Waals surface area (Å²) in [4.78, 5) is 8.14. The second-order valence-corrected chi connectivity index (χ2v) is 9.69. The van der Waals surface area contributed by atoms with Gasteiger partial charge >= 0.3 is 20.2 Å². The third-order valence-corrected chi connectivity index (χ3v) is 6.22. The monoisotopic (exact) mass is 448 g/mol. The maximum Gasteiger partial charge on any atom is 0.309 e. The molecule has 8 nitrogen and oxygen atoms in total. The molecule has 2 heterocycles. The maximum atomic E-state index is 12.2. The van der Waals surface area contributed by atoms with Crippen LogP contribution in [0.4, 0.5) is 0 Å². The molecular weight excluding hydrogens is 428 g/mol. The Hall–Kier alpha value is -2.98. The first-order chi connectivity index (χ1) is 14.3. The predicted molar refractivity (Wildman–Crippen MR) is 111 cm³/mol. The summed E-state index contributed by atoms with van der Waals surface area (Å²) in [6.45, 7) is 0. The van der Waals surface area contributed by atoms with E-state index in [2.05, 4.69) is 9.97 Å². The van der Waals surface area contributed by atoms with Crippen molar-refractivity contribution in [2.45, 2.75) is 12.8 Å². The summed E-state index contributed by atoms with van der Waals surface area (Å²) in [6, 6.07) is 15.9. The largest absolute Gasteiger partial charge is 0.382 e. The SMILES string of the molecule is O=S(=O)(CCc1ccccn1)Oc1cccc(OS(=O)(=O)CCc2ccccn2)c1. The predicted octanol–water partition coefficient (Wildman–Crippen LogP) is 2.38. The molecule has 0 bridgehead atoms. The molecule has 0 atom stereocenters. The van der Waals surface area contributed by atoms with E-state index in [0.29, 0.717) is 11.4 Å². The number of benzene rings is 1. The number of aryl methyl sites for hydroxylation is 2. The summed E-state index contributed by atoms with van der Waals surface area (Å²) in [6.07, 6.45) is 3.55. The van der Waals surface area contributed by atoms with E-state index in [0.717, 1.165) is 0 Å². The van der Waals surface area contributed by atoms with Gasteiger partial charge in [0.25, 0.3) is 0 Å². The molecule has 0 fully saturated rings. The molecule has 0 saturated carbocycles. The lowest BCUT2D eigenvalue weighted by atomic mass is 10.3. The zero-order chi connectivity index (χ0) is 21.5. The molecule has 0 unspecified atom stereocenters. The Morgan fingerprint density at radius 1 is 0.633 bits per heavy atom. The lowest BCUT2D eigenvalue weighted by Gasteiger charge is -2.10. The van der Waals surface area contributed by atoms with Crippen LogP contribution in [0.1, 0.15) is 11.4 Å². The normalized spacial score (nSPS) is 11.7. The molecule has 0 N–H and O–H groups in total. The number of hydrogen-bond acceptors (Lipinski definition) is 8. The quantitative estimate of drug-likeness (QED) is 0.435. The summed E-state index contributed by atoms with van der Waals surface area (Å²) in [5.41, 5.74) is 1.25. The van der Waals surface area contributed by atoms with Gasteiger partial charge in [-0.3, -0.25) is 9.97 Å². The zero-order valence-electron chi connectivity index (χ0n) is 15.9. The van der Waals surface area contributed by atoms with E-state index >= 15 is 0 Å². The van der Waals surface area contributed by atoms with Crippen LogP contribution >= 0.6 is 0 Å². The van der Waals surface area contributed by atoms with E-state index in [1.54, 1.807) is 48.8 Å². The fraction of sp³-hybridized carbons (Fsp3) is 0.200. The number of rotatable bonds is 10. The van der Waals surface area contributed by atoms with Gasteiger partial charge in [-0.05, 0) is 36.4 Å². The van der Waals surface area contributed by atoms with E-state index in [1.807, 2.05) is 0 Å². The van der Waals surface area contributed by atoms with Crippen molar-refractivity contribution >= 4 is 20.2 Å². The van der Waals surface area contributed by atoms with Crippen molar-refractivity contribution < 1.29 is 25.2 Å². The third-order valence-electron chi connectivity index (χ3n) is 3.92. The molecule has 0 spiro atoms. The van der Waals surface area contributed by atoms with Gasteiger partial charge in [-0.15, -0.1) is 0 Å². The van der Waals surface area contributed by atoms with Gasteiger partial charge in [-0.1, -0.05) is 18.2 Å². The van der Waals surface area contributed by atoms with Gasteiger partial charge in [0, 0.05) is 42.7 Å². The first kappa shape index (κ1) is 21.7. The molecule has 0 aliphatic carbocycles. The van der Waals surface area contributed by atoms with Gasteiger partial charge < -0.3 is 8.37 Å². The van der Waals surface area contributed by atoms with Crippen LogP contribution in [0.3, 0.4) is 0 Å². The van der Waals surface area contributed by atoms with Gasteiger partial charge in [0.1, 0.15) is 11.5 Å². The first-order valence-corrected chi connectivity index (χ1v) is 12.2. The van der Waals surface area contributed by atoms with Crippen molar-refractivity contribution in [1.82, 2.24) is 9.97 Å². The van der Waals surface area contributed by atoms with Crippen molar-refractivity contribution in [3.8, 4) is 11.5 Å². The Morgan fingerprint density at radius 3 is 1.50 bits per heavy atom. The molecule has 158 valence electrons. The standard InChI is InChI=1S/C20H20N2O6S2/c23-29(24,14-10-17-6-1-3-12-21-17)27-19-8-5-9-20(16-19)28-30(25,26)15-11-18-7-2-4-13-22-18/h1-9,12-13,16H,10-11,14-15H2. The fourth-order valence-electron chi connectivity index (χ4n) is 2.51. The molecule has 0 saturated heterocycles. The van der Waals surface area contributed by atoms with Crippen LogP contribution < -0.4 is 8.37 Å². The highest BCUT2D eigenvalue weighted by molar-refractivity contribution is 7.87. The molecule has 0 aliphatic rings. The lowest BCUT2D eigenvalue weighted by Crippen LogP contribution is -2.17. The molecule has 0 radical (unpaired) electrons. The topological polar surface area (TPSA) is 113 Å². The van der Waals surface area contributed by atoms with Crippen molar-refractivity contribution in [2.24, 2.45) is 0 Å². The second-order valence-electron chi connectivity index (χ2n) is 6.31. The average Bonchev–Trinajstić information content (AvgIpc) is 2.72. The molecule has 0 amide bonds. The van der Waals surface area contributed by atoms with Crippen LogP contribution in [-0.2, 0) is 33.1 Å². The summed E-state index contributed by atoms with van der Waals surface area (Å²) in [5.74, 6) is -0.600. The zero-order valence-corrected chi connectivity index (χ0v) is 17.6. The number of pyridine rings is 2. The Labute approximate surface area is 175 Å². The number of nitrogens with zero attached hydrogens (tertiary/aromatic N) is 2. The fourth-order valence-corrected chi connectivity index (χ4v) is 4.38. The van der Waals surface area contributed by atoms with Crippen LogP contribution in [0.2, 0.25) is 0 Å². The summed E-state index contributed by atoms with van der Waals surface area (Å²) < 4.78 is 59.0. The van der Waals surface area contributed by atoms with E-state index in [9.17, 15) is 16.8 Å². The Morgan fingerprint density at radius 2 is 1.10 bits per heavy atom. The Balaban J connectivity index is 1.59. The molecule has 0 aliphatic heterocycles. The van der Waals surface area contributed by atoms with Gasteiger partial charge in [-0.2, -0.15) is 16.8 Å². The molecule has 3 rings (SSSR count). The molecule has 2 aromatic heterocycles. The van der Waals surface area contributed by atoms with E-state index in [-0.39, 0.29) is 35.8 Å². The molecule has 3 aromatic rings. The molecular formula is C20H20N2O6S2. The van der Waals surface area contributed by atoms with E-state index in [4.69, 9.17) is 8.37 Å². The molecule has 30 heavy (non-hydrogen) atoms. The smallest absolute Gasteiger partial charge is 0.309 e. The minimum atomic E-state index is -3.89. The highest BCUT2D eigenvalue weighted by Crippen LogP contribution is 2.22. The van der Waals surface area contributed by atoms with Crippen LogP contribution in [0.15, 0.2) is 73.1 Å². The van der Waals surface area contributed by atoms with E-state index < -0.39 is 20.2 Å². The minimum Gasteiger partial charge on any atom is -0.382 e. The van der Waals surface area contributed by atoms with Gasteiger partial charge in [0.15, 0.2) is 0 Å². The van der Waals surface area contributed by atoms with Crippen LogP contribution in [0.5, 0.6) is 11.5 Å². The van der Waals surface area contributed by atoms with Crippen molar-refractivity contribution in [2.75, 3.05) is 11.5 Å². The van der Waals surface area contributed by atoms with Gasteiger partial charge in [0.2, 0.25) is 0 Å². The summed E-state index contributed by atoms with van der Waals surface area (Å²) >= 11 is 0. The Kier molecular flexibility index (Phi) is 7.01. The van der Waals surface area contributed by atoms with Crippen LogP contribution in [-0.4, -0.2) is 38.3 Å². The Bertz CT molecular complexity index is 1080. The average molecular weight is 449 g/mol. The lowest BCUT2D eigenvalue weighted by molar-refractivity contribution is 0.475. The van der Waals surface area contributed by atoms with Crippen molar-refractivity contribution in [1.29, 1.82) is 0 Å². The summed E-state index contributed by atoms with van der Waals surface area (Å²) in [7, 11) is -7.79. The molecule has 10 heteroatoms.